The first kappa shape index (κ1) is 13.6. The number of nitrogens with zero attached hydrogens (tertiary/aromatic N) is 2. The number of aromatic nitrogens is 2. The van der Waals surface area contributed by atoms with Crippen LogP contribution in [0.15, 0.2) is 9.27 Å². The number of anilines is 1. The standard InChI is InChI=1S/C13H20BrN3O/c1-9(2)8-10-11(14)12(18)16-13(15-10)17-6-4-3-5-7-17/h9H,3-8H2,1-2H3,(H,15,16,18). The van der Waals surface area contributed by atoms with Crippen molar-refractivity contribution < 1.29 is 0 Å². The Labute approximate surface area is 116 Å². The predicted molar refractivity (Wildman–Crippen MR) is 77.2 cm³/mol. The van der Waals surface area contributed by atoms with Gasteiger partial charge in [-0.1, -0.05) is 13.8 Å². The Morgan fingerprint density at radius 1 is 1.33 bits per heavy atom. The summed E-state index contributed by atoms with van der Waals surface area (Å²) < 4.78 is 0.581. The summed E-state index contributed by atoms with van der Waals surface area (Å²) in [4.78, 5) is 21.6. The number of nitrogens with one attached hydrogen (secondary N) is 1. The molecule has 2 heterocycles. The number of halogens is 1. The van der Waals surface area contributed by atoms with Gasteiger partial charge in [-0.05, 0) is 47.5 Å². The fourth-order valence-corrected chi connectivity index (χ4v) is 2.62. The first-order chi connectivity index (χ1) is 8.58. The van der Waals surface area contributed by atoms with Crippen molar-refractivity contribution in [3.63, 3.8) is 0 Å². The van der Waals surface area contributed by atoms with Crippen molar-refractivity contribution in [2.24, 2.45) is 5.92 Å². The highest BCUT2D eigenvalue weighted by Gasteiger charge is 2.16. The van der Waals surface area contributed by atoms with Gasteiger partial charge in [-0.2, -0.15) is 0 Å². The fourth-order valence-electron chi connectivity index (χ4n) is 2.27. The lowest BCUT2D eigenvalue weighted by atomic mass is 10.1. The molecule has 18 heavy (non-hydrogen) atoms. The Kier molecular flexibility index (Phi) is 4.43. The highest BCUT2D eigenvalue weighted by Crippen LogP contribution is 2.19. The van der Waals surface area contributed by atoms with Crippen LogP contribution in [-0.2, 0) is 6.42 Å². The minimum Gasteiger partial charge on any atom is -0.342 e. The Hall–Kier alpha value is -0.840. The highest BCUT2D eigenvalue weighted by atomic mass is 79.9. The summed E-state index contributed by atoms with van der Waals surface area (Å²) in [6.07, 6.45) is 4.46. The van der Waals surface area contributed by atoms with E-state index in [0.717, 1.165) is 31.2 Å². The van der Waals surface area contributed by atoms with Crippen LogP contribution in [0.2, 0.25) is 0 Å². The Morgan fingerprint density at radius 2 is 2.00 bits per heavy atom. The maximum Gasteiger partial charge on any atom is 0.266 e. The van der Waals surface area contributed by atoms with E-state index in [4.69, 9.17) is 0 Å². The lowest BCUT2D eigenvalue weighted by molar-refractivity contribution is 0.563. The molecule has 5 heteroatoms. The quantitative estimate of drug-likeness (QED) is 0.933. The maximum absolute atomic E-state index is 11.9. The smallest absolute Gasteiger partial charge is 0.266 e. The molecule has 1 aliphatic heterocycles. The van der Waals surface area contributed by atoms with Gasteiger partial charge in [0.2, 0.25) is 5.95 Å². The molecule has 1 N–H and O–H groups in total. The van der Waals surface area contributed by atoms with Crippen LogP contribution in [0.3, 0.4) is 0 Å². The number of hydrogen-bond acceptors (Lipinski definition) is 3. The monoisotopic (exact) mass is 313 g/mol. The highest BCUT2D eigenvalue weighted by molar-refractivity contribution is 9.10. The van der Waals surface area contributed by atoms with E-state index in [0.29, 0.717) is 10.4 Å². The predicted octanol–water partition coefficient (Wildman–Crippen LogP) is 2.72. The molecule has 0 radical (unpaired) electrons. The third-order valence-corrected chi connectivity index (χ3v) is 3.99. The molecule has 1 aliphatic rings. The third-order valence-electron chi connectivity index (χ3n) is 3.18. The van der Waals surface area contributed by atoms with Crippen molar-refractivity contribution in [1.82, 2.24) is 9.97 Å². The second kappa shape index (κ2) is 5.87. The molecule has 1 aromatic heterocycles. The SMILES string of the molecule is CC(C)Cc1nc(N2CCCCC2)[nH]c(=O)c1Br. The third kappa shape index (κ3) is 3.13. The van der Waals surface area contributed by atoms with E-state index in [9.17, 15) is 4.79 Å². The summed E-state index contributed by atoms with van der Waals surface area (Å²) in [7, 11) is 0. The summed E-state index contributed by atoms with van der Waals surface area (Å²) in [5, 5.41) is 0. The minimum atomic E-state index is -0.0683. The molecule has 0 amide bonds. The average molecular weight is 314 g/mol. The largest absolute Gasteiger partial charge is 0.342 e. The maximum atomic E-state index is 11.9. The van der Waals surface area contributed by atoms with Gasteiger partial charge in [-0.25, -0.2) is 4.98 Å². The van der Waals surface area contributed by atoms with Crippen molar-refractivity contribution in [1.29, 1.82) is 0 Å². The number of piperidine rings is 1. The second-order valence-electron chi connectivity index (χ2n) is 5.30. The van der Waals surface area contributed by atoms with Gasteiger partial charge in [0.25, 0.3) is 5.56 Å². The van der Waals surface area contributed by atoms with Gasteiger partial charge in [0.05, 0.1) is 5.69 Å². The summed E-state index contributed by atoms with van der Waals surface area (Å²) in [5.74, 6) is 1.23. The molecule has 0 unspecified atom stereocenters. The van der Waals surface area contributed by atoms with Crippen LogP contribution < -0.4 is 10.5 Å². The lowest BCUT2D eigenvalue weighted by Gasteiger charge is -2.27. The van der Waals surface area contributed by atoms with Crippen molar-refractivity contribution in [3.05, 3.63) is 20.5 Å². The molecule has 1 fully saturated rings. The molecular weight excluding hydrogens is 294 g/mol. The Morgan fingerprint density at radius 3 is 2.61 bits per heavy atom. The molecule has 1 aromatic rings. The molecule has 0 aliphatic carbocycles. The molecule has 4 nitrogen and oxygen atoms in total. The molecule has 0 bridgehead atoms. The molecular formula is C13H20BrN3O. The van der Waals surface area contributed by atoms with E-state index in [2.05, 4.69) is 44.6 Å². The zero-order chi connectivity index (χ0) is 13.1. The summed E-state index contributed by atoms with van der Waals surface area (Å²) in [6, 6.07) is 0. The van der Waals surface area contributed by atoms with E-state index >= 15 is 0 Å². The van der Waals surface area contributed by atoms with Gasteiger partial charge in [0.15, 0.2) is 0 Å². The van der Waals surface area contributed by atoms with Crippen LogP contribution in [-0.4, -0.2) is 23.1 Å². The van der Waals surface area contributed by atoms with Crippen LogP contribution in [0.1, 0.15) is 38.8 Å². The van der Waals surface area contributed by atoms with Gasteiger partial charge in [0, 0.05) is 13.1 Å². The van der Waals surface area contributed by atoms with E-state index in [-0.39, 0.29) is 5.56 Å². The number of rotatable bonds is 3. The molecule has 100 valence electrons. The van der Waals surface area contributed by atoms with E-state index in [1.807, 2.05) is 0 Å². The molecule has 2 rings (SSSR count). The summed E-state index contributed by atoms with van der Waals surface area (Å²) >= 11 is 3.34. The van der Waals surface area contributed by atoms with E-state index in [1.165, 1.54) is 19.3 Å². The van der Waals surface area contributed by atoms with Gasteiger partial charge in [-0.15, -0.1) is 0 Å². The van der Waals surface area contributed by atoms with Crippen molar-refractivity contribution in [2.45, 2.75) is 39.5 Å². The number of hydrogen-bond donors (Lipinski definition) is 1. The van der Waals surface area contributed by atoms with Crippen LogP contribution in [0.5, 0.6) is 0 Å². The molecule has 0 spiro atoms. The zero-order valence-corrected chi connectivity index (χ0v) is 12.6. The zero-order valence-electron chi connectivity index (χ0n) is 11.0. The number of H-pyrrole nitrogens is 1. The van der Waals surface area contributed by atoms with Gasteiger partial charge in [-0.3, -0.25) is 9.78 Å². The second-order valence-corrected chi connectivity index (χ2v) is 6.09. The Balaban J connectivity index is 2.30. The van der Waals surface area contributed by atoms with Gasteiger partial charge < -0.3 is 4.90 Å². The minimum absolute atomic E-state index is 0.0683. The lowest BCUT2D eigenvalue weighted by Crippen LogP contribution is -2.33. The average Bonchev–Trinajstić information content (AvgIpc) is 2.35. The molecule has 0 aromatic carbocycles. The molecule has 1 saturated heterocycles. The number of aromatic amines is 1. The topological polar surface area (TPSA) is 49.0 Å². The van der Waals surface area contributed by atoms with E-state index < -0.39 is 0 Å². The molecule has 0 atom stereocenters. The Bertz CT molecular complexity index is 464. The fraction of sp³-hybridized carbons (Fsp3) is 0.692. The van der Waals surface area contributed by atoms with E-state index in [1.54, 1.807) is 0 Å². The van der Waals surface area contributed by atoms with Crippen LogP contribution in [0, 0.1) is 5.92 Å². The van der Waals surface area contributed by atoms with Crippen molar-refractivity contribution >= 4 is 21.9 Å². The van der Waals surface area contributed by atoms with Crippen LogP contribution >= 0.6 is 15.9 Å². The molecule has 0 saturated carbocycles. The van der Waals surface area contributed by atoms with Crippen molar-refractivity contribution in [2.75, 3.05) is 18.0 Å². The summed E-state index contributed by atoms with van der Waals surface area (Å²) in [5.41, 5.74) is 0.801. The van der Waals surface area contributed by atoms with Crippen LogP contribution in [0.25, 0.3) is 0 Å². The first-order valence-corrected chi connectivity index (χ1v) is 7.41. The van der Waals surface area contributed by atoms with Gasteiger partial charge >= 0.3 is 0 Å². The van der Waals surface area contributed by atoms with Gasteiger partial charge in [0.1, 0.15) is 4.47 Å². The normalized spacial score (nSPS) is 16.3. The van der Waals surface area contributed by atoms with Crippen LogP contribution in [0.4, 0.5) is 5.95 Å². The summed E-state index contributed by atoms with van der Waals surface area (Å²) in [6.45, 7) is 6.25. The first-order valence-electron chi connectivity index (χ1n) is 6.61. The van der Waals surface area contributed by atoms with Crippen molar-refractivity contribution in [3.8, 4) is 0 Å².